The van der Waals surface area contributed by atoms with Crippen molar-refractivity contribution in [2.24, 2.45) is 0 Å². The molecule has 1 unspecified atom stereocenters. The summed E-state index contributed by atoms with van der Waals surface area (Å²) in [4.78, 5) is 16.8. The number of hydrogen-bond acceptors (Lipinski definition) is 4. The topological polar surface area (TPSA) is 59.0 Å². The standard InChI is InChI=1S/C12H14FNO4/c1-8(12(16)14-6-10(15)7-17-14)18-11-4-2-3-9(13)5-11/h2-5,8,10,15H,6-7H2,1H3/t8?,10-/m1/s1. The number of rotatable bonds is 3. The summed E-state index contributed by atoms with van der Waals surface area (Å²) in [7, 11) is 0. The number of ether oxygens (including phenoxy) is 1. The summed E-state index contributed by atoms with van der Waals surface area (Å²) in [6.07, 6.45) is -1.48. The van der Waals surface area contributed by atoms with Crippen LogP contribution in [0.1, 0.15) is 6.92 Å². The highest BCUT2D eigenvalue weighted by molar-refractivity contribution is 5.80. The first-order valence-corrected chi connectivity index (χ1v) is 5.61. The normalized spacial score (nSPS) is 20.8. The molecule has 1 aliphatic heterocycles. The molecule has 1 aliphatic rings. The van der Waals surface area contributed by atoms with Crippen LogP contribution >= 0.6 is 0 Å². The predicted molar refractivity (Wildman–Crippen MR) is 60.2 cm³/mol. The third kappa shape index (κ3) is 2.96. The van der Waals surface area contributed by atoms with Gasteiger partial charge in [-0.25, -0.2) is 9.45 Å². The van der Waals surface area contributed by atoms with E-state index in [2.05, 4.69) is 0 Å². The van der Waals surface area contributed by atoms with Crippen molar-refractivity contribution in [3.05, 3.63) is 30.1 Å². The fraction of sp³-hybridized carbons (Fsp3) is 0.417. The third-order valence-electron chi connectivity index (χ3n) is 2.50. The number of halogens is 1. The van der Waals surface area contributed by atoms with Gasteiger partial charge in [-0.05, 0) is 19.1 Å². The molecule has 6 heteroatoms. The molecular weight excluding hydrogens is 241 g/mol. The number of aliphatic hydroxyl groups excluding tert-OH is 1. The minimum Gasteiger partial charge on any atom is -0.481 e. The van der Waals surface area contributed by atoms with Gasteiger partial charge in [0.1, 0.15) is 24.3 Å². The van der Waals surface area contributed by atoms with E-state index in [1.807, 2.05) is 0 Å². The Morgan fingerprint density at radius 1 is 1.67 bits per heavy atom. The van der Waals surface area contributed by atoms with Crippen molar-refractivity contribution in [3.8, 4) is 5.75 Å². The number of benzene rings is 1. The van der Waals surface area contributed by atoms with E-state index >= 15 is 0 Å². The summed E-state index contributed by atoms with van der Waals surface area (Å²) in [5.41, 5.74) is 0. The number of carbonyl (C=O) groups is 1. The van der Waals surface area contributed by atoms with Crippen molar-refractivity contribution < 1.29 is 23.9 Å². The largest absolute Gasteiger partial charge is 0.481 e. The van der Waals surface area contributed by atoms with Gasteiger partial charge in [0.25, 0.3) is 5.91 Å². The zero-order valence-electron chi connectivity index (χ0n) is 9.88. The highest BCUT2D eigenvalue weighted by atomic mass is 19.1. The summed E-state index contributed by atoms with van der Waals surface area (Å²) < 4.78 is 18.2. The van der Waals surface area contributed by atoms with Gasteiger partial charge in [-0.2, -0.15) is 0 Å². The predicted octanol–water partition coefficient (Wildman–Crippen LogP) is 0.728. The number of hydrogen-bond donors (Lipinski definition) is 1. The molecule has 2 atom stereocenters. The van der Waals surface area contributed by atoms with Crippen LogP contribution < -0.4 is 4.74 Å². The number of aliphatic hydroxyl groups is 1. The van der Waals surface area contributed by atoms with Gasteiger partial charge in [-0.1, -0.05) is 6.07 Å². The van der Waals surface area contributed by atoms with Crippen molar-refractivity contribution in [2.75, 3.05) is 13.2 Å². The van der Waals surface area contributed by atoms with Gasteiger partial charge in [-0.3, -0.25) is 9.63 Å². The van der Waals surface area contributed by atoms with Crippen LogP contribution in [-0.4, -0.2) is 41.4 Å². The number of amides is 1. The maximum atomic E-state index is 12.9. The van der Waals surface area contributed by atoms with Gasteiger partial charge < -0.3 is 9.84 Å². The number of carbonyl (C=O) groups excluding carboxylic acids is 1. The summed E-state index contributed by atoms with van der Waals surface area (Å²) in [5, 5.41) is 10.3. The van der Waals surface area contributed by atoms with Crippen LogP contribution in [0, 0.1) is 5.82 Å². The fourth-order valence-corrected chi connectivity index (χ4v) is 1.62. The molecule has 0 saturated carbocycles. The molecule has 1 amide bonds. The molecular formula is C12H14FNO4. The first-order valence-electron chi connectivity index (χ1n) is 5.61. The maximum absolute atomic E-state index is 12.9. The average molecular weight is 255 g/mol. The van der Waals surface area contributed by atoms with Gasteiger partial charge in [0.2, 0.25) is 0 Å². The number of β-amino-alcohol motifs (C(OH)–C–C–N with tert-alkyl or cyclic N) is 1. The molecule has 0 aliphatic carbocycles. The van der Waals surface area contributed by atoms with Gasteiger partial charge >= 0.3 is 0 Å². The van der Waals surface area contributed by atoms with Crippen LogP contribution in [0.3, 0.4) is 0 Å². The summed E-state index contributed by atoms with van der Waals surface area (Å²) in [5.74, 6) is -0.564. The molecule has 18 heavy (non-hydrogen) atoms. The lowest BCUT2D eigenvalue weighted by Crippen LogP contribution is -2.38. The van der Waals surface area contributed by atoms with Crippen LogP contribution in [0.5, 0.6) is 5.75 Å². The molecule has 1 aromatic carbocycles. The molecule has 2 rings (SSSR count). The van der Waals surface area contributed by atoms with E-state index in [0.717, 1.165) is 5.06 Å². The first-order chi connectivity index (χ1) is 8.56. The van der Waals surface area contributed by atoms with Crippen LogP contribution in [0.4, 0.5) is 4.39 Å². The lowest BCUT2D eigenvalue weighted by Gasteiger charge is -2.19. The van der Waals surface area contributed by atoms with Gasteiger partial charge in [0, 0.05) is 6.07 Å². The molecule has 98 valence electrons. The molecule has 0 aromatic heterocycles. The van der Waals surface area contributed by atoms with Crippen LogP contribution in [-0.2, 0) is 9.63 Å². The molecule has 5 nitrogen and oxygen atoms in total. The highest BCUT2D eigenvalue weighted by Crippen LogP contribution is 2.16. The zero-order valence-corrected chi connectivity index (χ0v) is 9.88. The van der Waals surface area contributed by atoms with Gasteiger partial charge in [-0.15, -0.1) is 0 Å². The second kappa shape index (κ2) is 5.32. The Labute approximate surface area is 104 Å². The van der Waals surface area contributed by atoms with Gasteiger partial charge in [0.05, 0.1) is 6.54 Å². The van der Waals surface area contributed by atoms with E-state index in [1.54, 1.807) is 13.0 Å². The summed E-state index contributed by atoms with van der Waals surface area (Å²) in [6, 6.07) is 5.55. The molecule has 1 saturated heterocycles. The number of hydroxylamine groups is 2. The Morgan fingerprint density at radius 3 is 3.06 bits per heavy atom. The van der Waals surface area contributed by atoms with Crippen molar-refractivity contribution in [1.82, 2.24) is 5.06 Å². The summed E-state index contributed by atoms with van der Waals surface area (Å²) >= 11 is 0. The van der Waals surface area contributed by atoms with E-state index in [9.17, 15) is 14.3 Å². The monoisotopic (exact) mass is 255 g/mol. The van der Waals surface area contributed by atoms with E-state index in [1.165, 1.54) is 18.2 Å². The lowest BCUT2D eigenvalue weighted by molar-refractivity contribution is -0.175. The van der Waals surface area contributed by atoms with E-state index < -0.39 is 23.9 Å². The van der Waals surface area contributed by atoms with Crippen molar-refractivity contribution >= 4 is 5.91 Å². The Balaban J connectivity index is 1.95. The minimum atomic E-state index is -0.808. The van der Waals surface area contributed by atoms with Crippen LogP contribution in [0.2, 0.25) is 0 Å². The molecule has 1 aromatic rings. The second-order valence-electron chi connectivity index (χ2n) is 4.07. The highest BCUT2D eigenvalue weighted by Gasteiger charge is 2.30. The average Bonchev–Trinajstić information content (AvgIpc) is 2.75. The Bertz CT molecular complexity index is 440. The lowest BCUT2D eigenvalue weighted by atomic mass is 10.3. The first kappa shape index (κ1) is 12.8. The van der Waals surface area contributed by atoms with Crippen molar-refractivity contribution in [3.63, 3.8) is 0 Å². The SMILES string of the molecule is CC(Oc1cccc(F)c1)C(=O)N1C[C@@H](O)CO1. The molecule has 1 N–H and O–H groups in total. The van der Waals surface area contributed by atoms with Gasteiger partial charge in [0.15, 0.2) is 6.10 Å². The second-order valence-corrected chi connectivity index (χ2v) is 4.07. The Hall–Kier alpha value is -1.66. The van der Waals surface area contributed by atoms with E-state index in [-0.39, 0.29) is 18.9 Å². The van der Waals surface area contributed by atoms with E-state index in [4.69, 9.17) is 9.57 Å². The van der Waals surface area contributed by atoms with Crippen LogP contribution in [0.15, 0.2) is 24.3 Å². The number of nitrogens with zero attached hydrogens (tertiary/aromatic N) is 1. The molecule has 0 radical (unpaired) electrons. The Morgan fingerprint density at radius 2 is 2.44 bits per heavy atom. The molecule has 1 fully saturated rings. The van der Waals surface area contributed by atoms with Crippen molar-refractivity contribution in [2.45, 2.75) is 19.1 Å². The smallest absolute Gasteiger partial charge is 0.286 e. The van der Waals surface area contributed by atoms with E-state index in [0.29, 0.717) is 0 Å². The fourth-order valence-electron chi connectivity index (χ4n) is 1.62. The zero-order chi connectivity index (χ0) is 13.1. The minimum absolute atomic E-state index is 0.0957. The quantitative estimate of drug-likeness (QED) is 0.865. The van der Waals surface area contributed by atoms with Crippen molar-refractivity contribution in [1.29, 1.82) is 0 Å². The molecule has 0 bridgehead atoms. The molecule has 0 spiro atoms. The maximum Gasteiger partial charge on any atom is 0.286 e. The Kier molecular flexibility index (Phi) is 3.78. The molecule has 1 heterocycles. The third-order valence-corrected chi connectivity index (χ3v) is 2.50. The summed E-state index contributed by atoms with van der Waals surface area (Å²) in [6.45, 7) is 1.76. The van der Waals surface area contributed by atoms with Crippen LogP contribution in [0.25, 0.3) is 0 Å².